The first-order chi connectivity index (χ1) is 8.49. The van der Waals surface area contributed by atoms with E-state index in [-0.39, 0.29) is 5.57 Å². The first-order valence-electron chi connectivity index (χ1n) is 5.29. The highest BCUT2D eigenvalue weighted by molar-refractivity contribution is 5.87. The molecule has 0 saturated carbocycles. The third kappa shape index (κ3) is 4.69. The largest absolute Gasteiger partial charge is 0.516 e. The lowest BCUT2D eigenvalue weighted by atomic mass is 10.3. The Morgan fingerprint density at radius 2 is 1.78 bits per heavy atom. The van der Waals surface area contributed by atoms with Gasteiger partial charge < -0.3 is 14.2 Å². The summed E-state index contributed by atoms with van der Waals surface area (Å²) in [6, 6.07) is 8.42. The number of esters is 1. The molecule has 5 nitrogen and oxygen atoms in total. The third-order valence-electron chi connectivity index (χ3n) is 1.83. The Hall–Kier alpha value is -2.30. The molecule has 1 aromatic carbocycles. The highest BCUT2D eigenvalue weighted by Gasteiger charge is 2.15. The third-order valence-corrected chi connectivity index (χ3v) is 1.83. The summed E-state index contributed by atoms with van der Waals surface area (Å²) in [4.78, 5) is 22.5. The Kier molecular flexibility index (Phi) is 4.92. The predicted molar refractivity (Wildman–Crippen MR) is 63.9 cm³/mol. The number of para-hydroxylation sites is 1. The molecule has 0 aromatic heterocycles. The molecule has 0 fully saturated rings. The van der Waals surface area contributed by atoms with Crippen molar-refractivity contribution in [3.05, 3.63) is 42.5 Å². The molecule has 0 heterocycles. The van der Waals surface area contributed by atoms with Gasteiger partial charge in [-0.2, -0.15) is 0 Å². The maximum absolute atomic E-state index is 11.3. The van der Waals surface area contributed by atoms with Gasteiger partial charge in [-0.05, 0) is 19.1 Å². The second-order valence-corrected chi connectivity index (χ2v) is 3.54. The zero-order chi connectivity index (χ0) is 13.5. The summed E-state index contributed by atoms with van der Waals surface area (Å²) in [6.07, 6.45) is -1.98. The van der Waals surface area contributed by atoms with Crippen LogP contribution < -0.4 is 4.74 Å². The van der Waals surface area contributed by atoms with E-state index in [1.807, 2.05) is 0 Å². The van der Waals surface area contributed by atoms with Gasteiger partial charge in [-0.15, -0.1) is 0 Å². The van der Waals surface area contributed by atoms with Crippen LogP contribution in [-0.4, -0.2) is 18.4 Å². The molecule has 0 spiro atoms. The summed E-state index contributed by atoms with van der Waals surface area (Å²) >= 11 is 0. The molecule has 0 radical (unpaired) electrons. The lowest BCUT2D eigenvalue weighted by Crippen LogP contribution is -2.23. The van der Waals surface area contributed by atoms with Crippen molar-refractivity contribution in [3.8, 4) is 5.75 Å². The van der Waals surface area contributed by atoms with Crippen LogP contribution in [0.5, 0.6) is 5.75 Å². The fourth-order valence-corrected chi connectivity index (χ4v) is 1.02. The van der Waals surface area contributed by atoms with Crippen molar-refractivity contribution in [1.82, 2.24) is 0 Å². The van der Waals surface area contributed by atoms with E-state index in [0.29, 0.717) is 5.75 Å². The van der Waals surface area contributed by atoms with Crippen molar-refractivity contribution in [1.29, 1.82) is 0 Å². The minimum absolute atomic E-state index is 0.224. The Morgan fingerprint density at radius 3 is 2.33 bits per heavy atom. The van der Waals surface area contributed by atoms with Gasteiger partial charge in [0.25, 0.3) is 0 Å². The first kappa shape index (κ1) is 13.8. The highest BCUT2D eigenvalue weighted by atomic mass is 16.8. The lowest BCUT2D eigenvalue weighted by Gasteiger charge is -2.13. The second kappa shape index (κ2) is 6.44. The molecular formula is C13H14O5. The number of hydrogen-bond acceptors (Lipinski definition) is 5. The van der Waals surface area contributed by atoms with Gasteiger partial charge in [-0.25, -0.2) is 9.59 Å². The number of benzene rings is 1. The van der Waals surface area contributed by atoms with Gasteiger partial charge in [0.2, 0.25) is 6.29 Å². The molecule has 5 heteroatoms. The number of carbonyl (C=O) groups is 2. The van der Waals surface area contributed by atoms with Crippen molar-refractivity contribution >= 4 is 12.1 Å². The summed E-state index contributed by atoms with van der Waals surface area (Å²) in [5, 5.41) is 0. The molecule has 1 atom stereocenters. The van der Waals surface area contributed by atoms with Crippen LogP contribution in [0, 0.1) is 0 Å². The molecule has 0 N–H and O–H groups in total. The molecule has 0 aliphatic heterocycles. The minimum Gasteiger partial charge on any atom is -0.422 e. The Labute approximate surface area is 105 Å². The lowest BCUT2D eigenvalue weighted by molar-refractivity contribution is -0.161. The summed E-state index contributed by atoms with van der Waals surface area (Å²) < 4.78 is 14.3. The molecule has 0 saturated heterocycles. The fraction of sp³-hybridized carbons (Fsp3) is 0.231. The van der Waals surface area contributed by atoms with Gasteiger partial charge >= 0.3 is 12.1 Å². The van der Waals surface area contributed by atoms with Crippen LogP contribution in [0.15, 0.2) is 42.5 Å². The molecule has 0 aliphatic carbocycles. The summed E-state index contributed by atoms with van der Waals surface area (Å²) in [5.41, 5.74) is 0.224. The van der Waals surface area contributed by atoms with Crippen molar-refractivity contribution in [2.45, 2.75) is 20.1 Å². The predicted octanol–water partition coefficient (Wildman–Crippen LogP) is 2.67. The van der Waals surface area contributed by atoms with Gasteiger partial charge in [0.05, 0.1) is 0 Å². The molecular weight excluding hydrogens is 236 g/mol. The normalized spacial score (nSPS) is 11.2. The van der Waals surface area contributed by atoms with Gasteiger partial charge in [0.1, 0.15) is 5.75 Å². The summed E-state index contributed by atoms with van der Waals surface area (Å²) in [7, 11) is 0. The van der Waals surface area contributed by atoms with Crippen LogP contribution in [0.4, 0.5) is 4.79 Å². The maximum Gasteiger partial charge on any atom is 0.516 e. The number of hydrogen-bond donors (Lipinski definition) is 0. The summed E-state index contributed by atoms with van der Waals surface area (Å²) in [6.45, 7) is 6.32. The molecule has 18 heavy (non-hydrogen) atoms. The van der Waals surface area contributed by atoms with E-state index in [0.717, 1.165) is 0 Å². The molecule has 0 aliphatic rings. The quantitative estimate of drug-likeness (QED) is 0.356. The molecule has 1 unspecified atom stereocenters. The first-order valence-corrected chi connectivity index (χ1v) is 5.29. The van der Waals surface area contributed by atoms with Gasteiger partial charge in [0.15, 0.2) is 0 Å². The van der Waals surface area contributed by atoms with E-state index >= 15 is 0 Å². The zero-order valence-corrected chi connectivity index (χ0v) is 10.2. The van der Waals surface area contributed by atoms with E-state index in [1.165, 1.54) is 13.8 Å². The Balaban J connectivity index is 2.41. The molecule has 0 bridgehead atoms. The van der Waals surface area contributed by atoms with Crippen LogP contribution >= 0.6 is 0 Å². The van der Waals surface area contributed by atoms with E-state index in [2.05, 4.69) is 6.58 Å². The molecule has 96 valence electrons. The second-order valence-electron chi connectivity index (χ2n) is 3.54. The van der Waals surface area contributed by atoms with Crippen LogP contribution in [0.3, 0.4) is 0 Å². The minimum atomic E-state index is -1.04. The average molecular weight is 250 g/mol. The molecule has 1 aromatic rings. The number of carbonyl (C=O) groups excluding carboxylic acids is 2. The van der Waals surface area contributed by atoms with Crippen molar-refractivity contribution in [3.63, 3.8) is 0 Å². The Bertz CT molecular complexity index is 438. The summed E-state index contributed by atoms with van der Waals surface area (Å²) in [5.74, 6) is -0.282. The van der Waals surface area contributed by atoms with Crippen LogP contribution in [-0.2, 0) is 14.3 Å². The smallest absolute Gasteiger partial charge is 0.422 e. The van der Waals surface area contributed by atoms with Gasteiger partial charge in [0, 0.05) is 12.5 Å². The van der Waals surface area contributed by atoms with Crippen molar-refractivity contribution in [2.75, 3.05) is 0 Å². The zero-order valence-electron chi connectivity index (χ0n) is 10.2. The van der Waals surface area contributed by atoms with E-state index in [4.69, 9.17) is 14.2 Å². The topological polar surface area (TPSA) is 61.8 Å². The SMILES string of the molecule is C=C(C)C(=O)OC(C)OC(=O)Oc1ccccc1. The average Bonchev–Trinajstić information content (AvgIpc) is 2.29. The monoisotopic (exact) mass is 250 g/mol. The van der Waals surface area contributed by atoms with Crippen LogP contribution in [0.2, 0.25) is 0 Å². The van der Waals surface area contributed by atoms with Crippen molar-refractivity contribution in [2.24, 2.45) is 0 Å². The number of ether oxygens (including phenoxy) is 3. The van der Waals surface area contributed by atoms with Crippen molar-refractivity contribution < 1.29 is 23.8 Å². The van der Waals surface area contributed by atoms with Crippen LogP contribution in [0.25, 0.3) is 0 Å². The maximum atomic E-state index is 11.3. The highest BCUT2D eigenvalue weighted by Crippen LogP contribution is 2.10. The van der Waals surface area contributed by atoms with Crippen LogP contribution in [0.1, 0.15) is 13.8 Å². The molecule has 0 amide bonds. The molecule has 1 rings (SSSR count). The van der Waals surface area contributed by atoms with Gasteiger partial charge in [-0.3, -0.25) is 0 Å². The van der Waals surface area contributed by atoms with E-state index < -0.39 is 18.4 Å². The standard InChI is InChI=1S/C13H14O5/c1-9(2)12(14)16-10(3)17-13(15)18-11-7-5-4-6-8-11/h4-8,10H,1H2,2-3H3. The number of rotatable bonds is 4. The Morgan fingerprint density at radius 1 is 1.17 bits per heavy atom. The van der Waals surface area contributed by atoms with E-state index in [1.54, 1.807) is 30.3 Å². The van der Waals surface area contributed by atoms with E-state index in [9.17, 15) is 9.59 Å². The fourth-order valence-electron chi connectivity index (χ4n) is 1.02. The van der Waals surface area contributed by atoms with Gasteiger partial charge in [-0.1, -0.05) is 24.8 Å².